The van der Waals surface area contributed by atoms with Crippen molar-refractivity contribution in [1.82, 2.24) is 19.5 Å². The van der Waals surface area contributed by atoms with Crippen molar-refractivity contribution in [3.63, 3.8) is 0 Å². The highest BCUT2D eigenvalue weighted by Crippen LogP contribution is 2.39. The van der Waals surface area contributed by atoms with E-state index in [2.05, 4.69) is 223 Å². The molecule has 4 heteroatoms. The van der Waals surface area contributed by atoms with Gasteiger partial charge in [-0.15, -0.1) is 0 Å². The Hall–Kier alpha value is -8.21. The molecule has 9 aromatic carbocycles. The molecule has 0 unspecified atom stereocenters. The van der Waals surface area contributed by atoms with Gasteiger partial charge in [-0.1, -0.05) is 200 Å². The summed E-state index contributed by atoms with van der Waals surface area (Å²) in [5.41, 5.74) is 15.2. The van der Waals surface area contributed by atoms with Gasteiger partial charge in [0.25, 0.3) is 0 Å². The van der Waals surface area contributed by atoms with Crippen molar-refractivity contribution in [3.8, 4) is 84.4 Å². The molecule has 2 heterocycles. The van der Waals surface area contributed by atoms with Gasteiger partial charge in [0.1, 0.15) is 0 Å². The molecule has 0 atom stereocenters. The average molecular weight is 779 g/mol. The van der Waals surface area contributed by atoms with Crippen LogP contribution in [0.5, 0.6) is 0 Å². The molecular formula is C57H38N4. The van der Waals surface area contributed by atoms with E-state index in [0.29, 0.717) is 17.5 Å². The molecule has 0 aliphatic carbocycles. The van der Waals surface area contributed by atoms with E-state index >= 15 is 0 Å². The Balaban J connectivity index is 1.13. The molecule has 11 rings (SSSR count). The van der Waals surface area contributed by atoms with Crippen LogP contribution in [0.15, 0.2) is 231 Å². The third-order valence-corrected chi connectivity index (χ3v) is 11.5. The summed E-state index contributed by atoms with van der Waals surface area (Å²) in [4.78, 5) is 15.7. The van der Waals surface area contributed by atoms with Crippen molar-refractivity contribution in [2.24, 2.45) is 0 Å². The van der Waals surface area contributed by atoms with Gasteiger partial charge in [-0.05, 0) is 69.3 Å². The predicted octanol–water partition coefficient (Wildman–Crippen LogP) is 14.6. The Morgan fingerprint density at radius 3 is 1.16 bits per heavy atom. The summed E-state index contributed by atoms with van der Waals surface area (Å²) in [5, 5.41) is 2.41. The van der Waals surface area contributed by atoms with Gasteiger partial charge in [-0.3, -0.25) is 0 Å². The summed E-state index contributed by atoms with van der Waals surface area (Å²) >= 11 is 0. The van der Waals surface area contributed by atoms with E-state index < -0.39 is 0 Å². The molecular weight excluding hydrogens is 741 g/mol. The number of fused-ring (bicyclic) bond motifs is 3. The minimum atomic E-state index is 0.601. The fourth-order valence-electron chi connectivity index (χ4n) is 8.45. The fraction of sp³-hybridized carbons (Fsp3) is 0. The molecule has 0 aliphatic rings. The number of benzene rings is 9. The van der Waals surface area contributed by atoms with Crippen LogP contribution in [-0.2, 0) is 0 Å². The highest BCUT2D eigenvalue weighted by atomic mass is 15.0. The molecule has 0 saturated heterocycles. The van der Waals surface area contributed by atoms with E-state index in [-0.39, 0.29) is 0 Å². The summed E-state index contributed by atoms with van der Waals surface area (Å²) in [6, 6.07) is 81.2. The number of nitrogens with zero attached hydrogens (tertiary/aromatic N) is 4. The smallest absolute Gasteiger partial charge is 0.164 e. The van der Waals surface area contributed by atoms with Crippen molar-refractivity contribution in [2.45, 2.75) is 0 Å². The Labute approximate surface area is 354 Å². The van der Waals surface area contributed by atoms with Crippen molar-refractivity contribution in [3.05, 3.63) is 231 Å². The molecule has 0 aliphatic heterocycles. The molecule has 0 amide bonds. The van der Waals surface area contributed by atoms with Crippen LogP contribution in [0.2, 0.25) is 0 Å². The zero-order valence-electron chi connectivity index (χ0n) is 33.2. The normalized spacial score (nSPS) is 11.3. The summed E-state index contributed by atoms with van der Waals surface area (Å²) in [5.74, 6) is 1.83. The third kappa shape index (κ3) is 6.86. The van der Waals surface area contributed by atoms with E-state index in [0.717, 1.165) is 72.4 Å². The molecule has 2 aromatic heterocycles. The Morgan fingerprint density at radius 2 is 0.607 bits per heavy atom. The second-order valence-electron chi connectivity index (χ2n) is 15.2. The first-order valence-corrected chi connectivity index (χ1v) is 20.6. The largest absolute Gasteiger partial charge is 0.309 e. The second-order valence-corrected chi connectivity index (χ2v) is 15.2. The molecule has 0 fully saturated rings. The summed E-state index contributed by atoms with van der Waals surface area (Å²) in [6.07, 6.45) is 0. The molecule has 0 N–H and O–H groups in total. The molecule has 4 nitrogen and oxygen atoms in total. The lowest BCUT2D eigenvalue weighted by Gasteiger charge is -2.17. The van der Waals surface area contributed by atoms with Gasteiger partial charge in [-0.25, -0.2) is 15.0 Å². The van der Waals surface area contributed by atoms with E-state index in [1.54, 1.807) is 0 Å². The van der Waals surface area contributed by atoms with Crippen molar-refractivity contribution < 1.29 is 0 Å². The van der Waals surface area contributed by atoms with Crippen LogP contribution >= 0.6 is 0 Å². The Morgan fingerprint density at radius 1 is 0.246 bits per heavy atom. The lowest BCUT2D eigenvalue weighted by molar-refractivity contribution is 1.07. The van der Waals surface area contributed by atoms with Crippen LogP contribution in [0.4, 0.5) is 0 Å². The summed E-state index contributed by atoms with van der Waals surface area (Å²) < 4.78 is 2.40. The highest BCUT2D eigenvalue weighted by Gasteiger charge is 2.19. The SMILES string of the molecule is c1ccc(-c2ccc(-c3nc(-c4cccc(-c5ccccc5)c4)nc(-c4ccc(-c5cccc(-c6ccccc6)c5)c(-n5c6ccccc6c6ccccc65)c4)n3)cc2)cc1. The molecule has 0 spiro atoms. The summed E-state index contributed by atoms with van der Waals surface area (Å²) in [7, 11) is 0. The van der Waals surface area contributed by atoms with E-state index in [9.17, 15) is 0 Å². The highest BCUT2D eigenvalue weighted by molar-refractivity contribution is 6.10. The van der Waals surface area contributed by atoms with Crippen molar-refractivity contribution >= 4 is 21.8 Å². The van der Waals surface area contributed by atoms with Crippen molar-refractivity contribution in [1.29, 1.82) is 0 Å². The zero-order valence-corrected chi connectivity index (χ0v) is 33.2. The van der Waals surface area contributed by atoms with Gasteiger partial charge < -0.3 is 4.57 Å². The third-order valence-electron chi connectivity index (χ3n) is 11.5. The number of hydrogen-bond donors (Lipinski definition) is 0. The quantitative estimate of drug-likeness (QED) is 0.154. The monoisotopic (exact) mass is 778 g/mol. The lowest BCUT2D eigenvalue weighted by atomic mass is 9.96. The van der Waals surface area contributed by atoms with Crippen LogP contribution in [0.25, 0.3) is 106 Å². The minimum Gasteiger partial charge on any atom is -0.309 e. The van der Waals surface area contributed by atoms with E-state index in [1.807, 2.05) is 12.1 Å². The van der Waals surface area contributed by atoms with Crippen LogP contribution in [0.1, 0.15) is 0 Å². The number of para-hydroxylation sites is 2. The van der Waals surface area contributed by atoms with Gasteiger partial charge in [-0.2, -0.15) is 0 Å². The average Bonchev–Trinajstić information content (AvgIpc) is 3.69. The Bertz CT molecular complexity index is 3280. The van der Waals surface area contributed by atoms with Crippen LogP contribution in [-0.4, -0.2) is 19.5 Å². The molecule has 11 aromatic rings. The zero-order chi connectivity index (χ0) is 40.5. The number of hydrogen-bond acceptors (Lipinski definition) is 3. The van der Waals surface area contributed by atoms with Gasteiger partial charge >= 0.3 is 0 Å². The minimum absolute atomic E-state index is 0.601. The van der Waals surface area contributed by atoms with Crippen LogP contribution in [0, 0.1) is 0 Å². The number of aromatic nitrogens is 4. The first-order valence-electron chi connectivity index (χ1n) is 20.6. The molecule has 0 radical (unpaired) electrons. The maximum absolute atomic E-state index is 5.27. The first kappa shape index (κ1) is 35.9. The second kappa shape index (κ2) is 15.5. The van der Waals surface area contributed by atoms with E-state index in [4.69, 9.17) is 15.0 Å². The summed E-state index contributed by atoms with van der Waals surface area (Å²) in [6.45, 7) is 0. The van der Waals surface area contributed by atoms with Crippen LogP contribution in [0.3, 0.4) is 0 Å². The maximum Gasteiger partial charge on any atom is 0.164 e. The maximum atomic E-state index is 5.27. The predicted molar refractivity (Wildman–Crippen MR) is 252 cm³/mol. The van der Waals surface area contributed by atoms with Gasteiger partial charge in [0.2, 0.25) is 0 Å². The van der Waals surface area contributed by atoms with Gasteiger partial charge in [0.05, 0.1) is 16.7 Å². The fourth-order valence-corrected chi connectivity index (χ4v) is 8.45. The standard InChI is InChI=1S/C57H38N4/c1-4-16-39(17-5-1)42-30-32-43(33-31-42)55-58-56(47-25-15-23-45(37-47)41-20-8-3-9-21-41)60-57(59-55)48-34-35-49(46-24-14-22-44(36-46)40-18-6-2-7-19-40)54(38-48)61-52-28-12-10-26-50(52)51-27-11-13-29-53(51)61/h1-38H. The lowest BCUT2D eigenvalue weighted by Crippen LogP contribution is -2.02. The van der Waals surface area contributed by atoms with Gasteiger partial charge in [0, 0.05) is 33.0 Å². The molecule has 0 bridgehead atoms. The van der Waals surface area contributed by atoms with Crippen molar-refractivity contribution in [2.75, 3.05) is 0 Å². The first-order chi connectivity index (χ1) is 30.2. The Kier molecular flexibility index (Phi) is 9.14. The molecule has 61 heavy (non-hydrogen) atoms. The van der Waals surface area contributed by atoms with Gasteiger partial charge in [0.15, 0.2) is 17.5 Å². The molecule has 286 valence electrons. The van der Waals surface area contributed by atoms with E-state index in [1.165, 1.54) is 16.3 Å². The number of rotatable bonds is 8. The van der Waals surface area contributed by atoms with Crippen LogP contribution < -0.4 is 0 Å². The molecule has 0 saturated carbocycles. The topological polar surface area (TPSA) is 43.6 Å².